The molecule has 23 heavy (non-hydrogen) atoms. The van der Waals surface area contributed by atoms with E-state index in [0.29, 0.717) is 5.82 Å². The van der Waals surface area contributed by atoms with Crippen LogP contribution in [-0.2, 0) is 10.0 Å². The highest BCUT2D eigenvalue weighted by Gasteiger charge is 2.11. The number of aryl methyl sites for hydroxylation is 1. The average Bonchev–Trinajstić information content (AvgIpc) is 2.99. The Bertz CT molecular complexity index is 936. The van der Waals surface area contributed by atoms with Crippen LogP contribution in [0.1, 0.15) is 5.56 Å². The van der Waals surface area contributed by atoms with Crippen molar-refractivity contribution in [1.82, 2.24) is 15.2 Å². The number of sulfonamides is 1. The first-order valence-electron chi connectivity index (χ1n) is 7.08. The molecule has 3 rings (SSSR count). The number of primary sulfonamides is 1. The number of hydrogen-bond acceptors (Lipinski definition) is 5. The lowest BCUT2D eigenvalue weighted by Gasteiger charge is -2.12. The number of aromatic nitrogens is 3. The predicted octanol–water partition coefficient (Wildman–Crippen LogP) is 1.63. The lowest BCUT2D eigenvalue weighted by molar-refractivity contribution is 0.598. The molecule has 1 aromatic carbocycles. The molecule has 0 atom stereocenters. The Hall–Kier alpha value is -2.45. The molecule has 0 amide bonds. The summed E-state index contributed by atoms with van der Waals surface area (Å²) in [4.78, 5) is 4.55. The van der Waals surface area contributed by atoms with Gasteiger partial charge in [0.05, 0.1) is 17.5 Å². The summed E-state index contributed by atoms with van der Waals surface area (Å²) in [5, 5.41) is 15.9. The van der Waals surface area contributed by atoms with E-state index in [2.05, 4.69) is 20.5 Å². The van der Waals surface area contributed by atoms with E-state index in [1.807, 2.05) is 37.4 Å². The molecule has 120 valence electrons. The first kappa shape index (κ1) is 15.4. The highest BCUT2D eigenvalue weighted by atomic mass is 32.2. The van der Waals surface area contributed by atoms with Crippen molar-refractivity contribution in [2.24, 2.45) is 5.14 Å². The van der Waals surface area contributed by atoms with E-state index in [1.54, 1.807) is 6.20 Å². The second-order valence-corrected chi connectivity index (χ2v) is 7.04. The van der Waals surface area contributed by atoms with Gasteiger partial charge in [-0.15, -0.1) is 0 Å². The van der Waals surface area contributed by atoms with Gasteiger partial charge in [0.1, 0.15) is 5.82 Å². The van der Waals surface area contributed by atoms with Gasteiger partial charge in [-0.2, -0.15) is 5.10 Å². The number of nitrogens with zero attached hydrogens (tertiary/aromatic N) is 2. The number of pyridine rings is 1. The van der Waals surface area contributed by atoms with Gasteiger partial charge < -0.3 is 5.32 Å². The van der Waals surface area contributed by atoms with Crippen molar-refractivity contribution < 1.29 is 8.42 Å². The molecule has 2 heterocycles. The van der Waals surface area contributed by atoms with Crippen molar-refractivity contribution in [1.29, 1.82) is 0 Å². The van der Waals surface area contributed by atoms with Crippen molar-refractivity contribution in [2.75, 3.05) is 17.6 Å². The molecule has 7 nitrogen and oxygen atoms in total. The van der Waals surface area contributed by atoms with Crippen molar-refractivity contribution in [3.8, 4) is 11.1 Å². The van der Waals surface area contributed by atoms with Gasteiger partial charge in [-0.1, -0.05) is 12.1 Å². The molecule has 0 aliphatic carbocycles. The topological polar surface area (TPSA) is 114 Å². The van der Waals surface area contributed by atoms with Crippen molar-refractivity contribution in [2.45, 2.75) is 6.92 Å². The van der Waals surface area contributed by atoms with E-state index in [4.69, 9.17) is 5.14 Å². The molecule has 0 spiro atoms. The Balaban J connectivity index is 2.04. The second kappa shape index (κ2) is 5.98. The highest BCUT2D eigenvalue weighted by molar-refractivity contribution is 7.89. The van der Waals surface area contributed by atoms with Crippen LogP contribution in [-0.4, -0.2) is 35.9 Å². The molecular weight excluding hydrogens is 314 g/mol. The minimum atomic E-state index is -3.50. The maximum Gasteiger partial charge on any atom is 0.210 e. The summed E-state index contributed by atoms with van der Waals surface area (Å²) in [6, 6.07) is 7.79. The van der Waals surface area contributed by atoms with E-state index in [1.165, 1.54) is 0 Å². The molecule has 0 unspecified atom stereocenters. The Morgan fingerprint density at radius 3 is 2.87 bits per heavy atom. The molecular formula is C15H17N5O2S. The molecule has 4 N–H and O–H groups in total. The number of nitrogens with one attached hydrogen (secondary N) is 2. The zero-order chi connectivity index (χ0) is 16.4. The normalized spacial score (nSPS) is 11.7. The average molecular weight is 331 g/mol. The van der Waals surface area contributed by atoms with E-state index in [0.717, 1.165) is 27.6 Å². The molecule has 0 saturated heterocycles. The molecule has 0 fully saturated rings. The third-order valence-corrected chi connectivity index (χ3v) is 4.32. The second-order valence-electron chi connectivity index (χ2n) is 5.30. The number of hydrogen-bond donors (Lipinski definition) is 3. The zero-order valence-corrected chi connectivity index (χ0v) is 13.4. The summed E-state index contributed by atoms with van der Waals surface area (Å²) >= 11 is 0. The fraction of sp³-hybridized carbons (Fsp3) is 0.200. The van der Waals surface area contributed by atoms with Gasteiger partial charge in [-0.3, -0.25) is 5.10 Å². The van der Waals surface area contributed by atoms with Crippen molar-refractivity contribution >= 4 is 26.7 Å². The summed E-state index contributed by atoms with van der Waals surface area (Å²) in [7, 11) is -3.50. The van der Waals surface area contributed by atoms with E-state index >= 15 is 0 Å². The summed E-state index contributed by atoms with van der Waals surface area (Å²) in [5.74, 6) is 0.449. The zero-order valence-electron chi connectivity index (χ0n) is 12.6. The van der Waals surface area contributed by atoms with Gasteiger partial charge in [-0.25, -0.2) is 18.5 Å². The third-order valence-electron chi connectivity index (χ3n) is 3.54. The van der Waals surface area contributed by atoms with Crippen LogP contribution in [0.25, 0.3) is 22.0 Å². The van der Waals surface area contributed by atoms with Gasteiger partial charge in [0.25, 0.3) is 0 Å². The van der Waals surface area contributed by atoms with Crippen LogP contribution < -0.4 is 10.5 Å². The number of fused-ring (bicyclic) bond motifs is 1. The summed E-state index contributed by atoms with van der Waals surface area (Å²) in [6.07, 6.45) is 3.56. The summed E-state index contributed by atoms with van der Waals surface area (Å²) in [5.41, 5.74) is 3.88. The lowest BCUT2D eigenvalue weighted by atomic mass is 10.00. The fourth-order valence-corrected chi connectivity index (χ4v) is 2.89. The SMILES string of the molecule is Cc1cccc2nc(NCCS(N)(=O)=O)cc(-c3cn[nH]c3)c12. The Labute approximate surface area is 134 Å². The van der Waals surface area contributed by atoms with Crippen LogP contribution in [0.5, 0.6) is 0 Å². The van der Waals surface area contributed by atoms with E-state index in [9.17, 15) is 8.42 Å². The van der Waals surface area contributed by atoms with Gasteiger partial charge in [0.2, 0.25) is 10.0 Å². The summed E-state index contributed by atoms with van der Waals surface area (Å²) in [6.45, 7) is 2.23. The first-order chi connectivity index (χ1) is 10.9. The minimum absolute atomic E-state index is 0.151. The molecule has 3 aromatic rings. The maximum atomic E-state index is 11.0. The number of aromatic amines is 1. The largest absolute Gasteiger partial charge is 0.369 e. The minimum Gasteiger partial charge on any atom is -0.369 e. The Morgan fingerprint density at radius 1 is 1.35 bits per heavy atom. The lowest BCUT2D eigenvalue weighted by Crippen LogP contribution is -2.22. The fourth-order valence-electron chi connectivity index (χ4n) is 2.50. The molecule has 0 aliphatic rings. The van der Waals surface area contributed by atoms with Crippen LogP contribution >= 0.6 is 0 Å². The molecule has 8 heteroatoms. The molecule has 0 aliphatic heterocycles. The Kier molecular flexibility index (Phi) is 4.01. The number of benzene rings is 1. The Morgan fingerprint density at radius 2 is 2.17 bits per heavy atom. The van der Waals surface area contributed by atoms with Crippen LogP contribution in [0.4, 0.5) is 5.82 Å². The molecule has 2 aromatic heterocycles. The monoisotopic (exact) mass is 331 g/mol. The standard InChI is InChI=1S/C15H17N5O2S/c1-10-3-2-4-13-15(10)12(11-8-18-19-9-11)7-14(20-13)17-5-6-23(16,21)22/h2-4,7-9H,5-6H2,1H3,(H,17,20)(H,18,19)(H2,16,21,22). The van der Waals surface area contributed by atoms with E-state index < -0.39 is 10.0 Å². The predicted molar refractivity (Wildman–Crippen MR) is 90.5 cm³/mol. The number of anilines is 1. The molecule has 0 saturated carbocycles. The van der Waals surface area contributed by atoms with Crippen LogP contribution in [0.3, 0.4) is 0 Å². The van der Waals surface area contributed by atoms with Gasteiger partial charge >= 0.3 is 0 Å². The van der Waals surface area contributed by atoms with Crippen LogP contribution in [0, 0.1) is 6.92 Å². The third kappa shape index (κ3) is 3.49. The number of H-pyrrole nitrogens is 1. The molecule has 0 bridgehead atoms. The number of nitrogens with two attached hydrogens (primary N) is 1. The van der Waals surface area contributed by atoms with Crippen LogP contribution in [0.15, 0.2) is 36.7 Å². The highest BCUT2D eigenvalue weighted by Crippen LogP contribution is 2.31. The van der Waals surface area contributed by atoms with Crippen LogP contribution in [0.2, 0.25) is 0 Å². The van der Waals surface area contributed by atoms with Crippen molar-refractivity contribution in [3.05, 3.63) is 42.2 Å². The summed E-state index contributed by atoms with van der Waals surface area (Å²) < 4.78 is 22.1. The van der Waals surface area contributed by atoms with E-state index in [-0.39, 0.29) is 12.3 Å². The van der Waals surface area contributed by atoms with Crippen molar-refractivity contribution in [3.63, 3.8) is 0 Å². The number of rotatable bonds is 5. The first-order valence-corrected chi connectivity index (χ1v) is 8.79. The quantitative estimate of drug-likeness (QED) is 0.657. The van der Waals surface area contributed by atoms with Gasteiger partial charge in [-0.05, 0) is 30.2 Å². The smallest absolute Gasteiger partial charge is 0.210 e. The molecule has 0 radical (unpaired) electrons. The maximum absolute atomic E-state index is 11.0. The van der Waals surface area contributed by atoms with Gasteiger partial charge in [0.15, 0.2) is 0 Å². The van der Waals surface area contributed by atoms with Gasteiger partial charge in [0, 0.05) is 23.7 Å².